The highest BCUT2D eigenvalue weighted by molar-refractivity contribution is 5.97. The van der Waals surface area contributed by atoms with Gasteiger partial charge in [-0.05, 0) is 55.9 Å². The zero-order chi connectivity index (χ0) is 21.3. The van der Waals surface area contributed by atoms with Crippen LogP contribution in [0, 0.1) is 11.8 Å². The topological polar surface area (TPSA) is 50.8 Å². The van der Waals surface area contributed by atoms with E-state index in [9.17, 15) is 4.79 Å². The molecule has 1 amide bonds. The highest BCUT2D eigenvalue weighted by atomic mass is 16.5. The van der Waals surface area contributed by atoms with E-state index < -0.39 is 5.60 Å². The predicted molar refractivity (Wildman–Crippen MR) is 120 cm³/mol. The van der Waals surface area contributed by atoms with Crippen molar-refractivity contribution in [3.05, 3.63) is 24.3 Å². The van der Waals surface area contributed by atoms with Crippen molar-refractivity contribution in [2.75, 3.05) is 38.7 Å². The number of rotatable bonds is 11. The van der Waals surface area contributed by atoms with Crippen LogP contribution in [0.5, 0.6) is 5.75 Å². The van der Waals surface area contributed by atoms with Crippen LogP contribution in [0.15, 0.2) is 24.3 Å². The molecule has 0 unspecified atom stereocenters. The lowest BCUT2D eigenvalue weighted by Crippen LogP contribution is -2.41. The van der Waals surface area contributed by atoms with Gasteiger partial charge in [-0.25, -0.2) is 0 Å². The summed E-state index contributed by atoms with van der Waals surface area (Å²) in [6.45, 7) is 12.6. The van der Waals surface area contributed by atoms with E-state index in [1.54, 1.807) is 7.11 Å². The van der Waals surface area contributed by atoms with Gasteiger partial charge in [0.05, 0.1) is 0 Å². The molecular weight excluding hydrogens is 364 g/mol. The smallest absolute Gasteiger partial charge is 0.256 e. The van der Waals surface area contributed by atoms with Crippen LogP contribution in [0.25, 0.3) is 0 Å². The number of methoxy groups -OCH3 is 1. The molecule has 1 saturated heterocycles. The summed E-state index contributed by atoms with van der Waals surface area (Å²) in [7, 11) is 1.60. The number of unbranched alkanes of at least 4 members (excludes halogenated alkanes) is 2. The Morgan fingerprint density at radius 2 is 1.83 bits per heavy atom. The van der Waals surface area contributed by atoms with E-state index in [2.05, 4.69) is 31.0 Å². The van der Waals surface area contributed by atoms with Crippen molar-refractivity contribution >= 4 is 11.6 Å². The predicted octanol–water partition coefficient (Wildman–Crippen LogP) is 4.97. The highest BCUT2D eigenvalue weighted by Gasteiger charge is 2.32. The number of carbonyl (C=O) groups is 1. The Balaban J connectivity index is 1.79. The summed E-state index contributed by atoms with van der Waals surface area (Å²) in [6.07, 6.45) is 5.26. The van der Waals surface area contributed by atoms with Gasteiger partial charge in [-0.2, -0.15) is 0 Å². The molecule has 5 heteroatoms. The lowest BCUT2D eigenvalue weighted by atomic mass is 9.92. The van der Waals surface area contributed by atoms with Crippen LogP contribution < -0.4 is 10.1 Å². The quantitative estimate of drug-likeness (QED) is 0.529. The van der Waals surface area contributed by atoms with Crippen molar-refractivity contribution in [1.82, 2.24) is 4.90 Å². The van der Waals surface area contributed by atoms with E-state index in [-0.39, 0.29) is 5.91 Å². The normalized spacial score (nSPS) is 22.1. The second-order valence-corrected chi connectivity index (χ2v) is 8.92. The number of ether oxygens (including phenoxy) is 2. The van der Waals surface area contributed by atoms with E-state index in [1.807, 2.05) is 31.2 Å². The number of hydrogen-bond donors (Lipinski definition) is 1. The van der Waals surface area contributed by atoms with E-state index in [0.29, 0.717) is 6.61 Å². The first-order chi connectivity index (χ1) is 13.9. The average Bonchev–Trinajstić information content (AvgIpc) is 2.68. The molecule has 0 aromatic heterocycles. The summed E-state index contributed by atoms with van der Waals surface area (Å²) in [5, 5.41) is 2.98. The Labute approximate surface area is 177 Å². The molecule has 0 bridgehead atoms. The molecule has 1 aromatic rings. The monoisotopic (exact) mass is 404 g/mol. The number of anilines is 1. The molecule has 0 saturated carbocycles. The van der Waals surface area contributed by atoms with Gasteiger partial charge in [0.15, 0.2) is 0 Å². The van der Waals surface area contributed by atoms with Crippen LogP contribution in [-0.4, -0.2) is 49.8 Å². The molecule has 3 atom stereocenters. The van der Waals surface area contributed by atoms with Crippen molar-refractivity contribution < 1.29 is 14.3 Å². The number of piperidine rings is 1. The van der Waals surface area contributed by atoms with Crippen molar-refractivity contribution in [2.45, 2.75) is 65.4 Å². The maximum Gasteiger partial charge on any atom is 0.256 e. The summed E-state index contributed by atoms with van der Waals surface area (Å²) < 4.78 is 11.4. The molecule has 164 valence electrons. The molecule has 5 nitrogen and oxygen atoms in total. The van der Waals surface area contributed by atoms with Gasteiger partial charge in [-0.3, -0.25) is 9.69 Å². The summed E-state index contributed by atoms with van der Waals surface area (Å²) >= 11 is 0. The first-order valence-corrected chi connectivity index (χ1v) is 11.2. The lowest BCUT2D eigenvalue weighted by Gasteiger charge is -2.34. The van der Waals surface area contributed by atoms with E-state index in [0.717, 1.165) is 68.6 Å². The minimum absolute atomic E-state index is 0.0990. The molecule has 1 N–H and O–H groups in total. The molecule has 1 aliphatic heterocycles. The van der Waals surface area contributed by atoms with Gasteiger partial charge in [0, 0.05) is 32.4 Å². The number of benzene rings is 1. The molecule has 2 rings (SSSR count). The SMILES string of the molecule is CCCCC[C@@](C)(OC)C(=O)Nc1ccc(OCCN2C[C@H](C)C[C@H](C)C2)cc1. The minimum Gasteiger partial charge on any atom is -0.492 e. The van der Waals surface area contributed by atoms with Crippen LogP contribution in [0.3, 0.4) is 0 Å². The fourth-order valence-electron chi connectivity index (χ4n) is 4.19. The Morgan fingerprint density at radius 3 is 2.41 bits per heavy atom. The van der Waals surface area contributed by atoms with Gasteiger partial charge in [0.25, 0.3) is 5.91 Å². The summed E-state index contributed by atoms with van der Waals surface area (Å²) in [5.41, 5.74) is -0.0349. The first-order valence-electron chi connectivity index (χ1n) is 11.2. The summed E-state index contributed by atoms with van der Waals surface area (Å²) in [5.74, 6) is 2.26. The van der Waals surface area contributed by atoms with E-state index in [1.165, 1.54) is 6.42 Å². The molecule has 0 aliphatic carbocycles. The van der Waals surface area contributed by atoms with E-state index >= 15 is 0 Å². The fraction of sp³-hybridized carbons (Fsp3) is 0.708. The molecule has 0 spiro atoms. The second kappa shape index (κ2) is 11.6. The molecule has 29 heavy (non-hydrogen) atoms. The Kier molecular flexibility index (Phi) is 9.44. The average molecular weight is 405 g/mol. The summed E-state index contributed by atoms with van der Waals surface area (Å²) in [4.78, 5) is 15.2. The van der Waals surface area contributed by atoms with Crippen LogP contribution in [0.1, 0.15) is 59.8 Å². The standard InChI is InChI=1S/C24H40N2O3/c1-6-7-8-13-24(4,28-5)23(27)25-21-9-11-22(12-10-21)29-15-14-26-17-19(2)16-20(3)18-26/h9-12,19-20H,6-8,13-18H2,1-5H3,(H,25,27)/t19-,20+,24-/m1/s1. The second-order valence-electron chi connectivity index (χ2n) is 8.92. The van der Waals surface area contributed by atoms with Gasteiger partial charge in [0.1, 0.15) is 18.0 Å². The zero-order valence-corrected chi connectivity index (χ0v) is 19.0. The zero-order valence-electron chi connectivity index (χ0n) is 19.0. The number of carbonyl (C=O) groups excluding carboxylic acids is 1. The van der Waals surface area contributed by atoms with Crippen LogP contribution in [0.4, 0.5) is 5.69 Å². The van der Waals surface area contributed by atoms with Crippen LogP contribution in [-0.2, 0) is 9.53 Å². The number of nitrogens with zero attached hydrogens (tertiary/aromatic N) is 1. The number of hydrogen-bond acceptors (Lipinski definition) is 4. The third-order valence-corrected chi connectivity index (χ3v) is 5.92. The maximum atomic E-state index is 12.7. The van der Waals surface area contributed by atoms with Crippen LogP contribution in [0.2, 0.25) is 0 Å². The van der Waals surface area contributed by atoms with Gasteiger partial charge in [-0.1, -0.05) is 40.0 Å². The van der Waals surface area contributed by atoms with E-state index in [4.69, 9.17) is 9.47 Å². The highest BCUT2D eigenvalue weighted by Crippen LogP contribution is 2.23. The Morgan fingerprint density at radius 1 is 1.17 bits per heavy atom. The largest absolute Gasteiger partial charge is 0.492 e. The summed E-state index contributed by atoms with van der Waals surface area (Å²) in [6, 6.07) is 7.61. The van der Waals surface area contributed by atoms with Gasteiger partial charge in [-0.15, -0.1) is 0 Å². The Bertz CT molecular complexity index is 609. The first kappa shape index (κ1) is 23.7. The van der Waals surface area contributed by atoms with Gasteiger partial charge >= 0.3 is 0 Å². The molecule has 1 fully saturated rings. The third-order valence-electron chi connectivity index (χ3n) is 5.92. The molecule has 1 heterocycles. The van der Waals surface area contributed by atoms with Crippen LogP contribution >= 0.6 is 0 Å². The van der Waals surface area contributed by atoms with Gasteiger partial charge in [0.2, 0.25) is 0 Å². The van der Waals surface area contributed by atoms with Gasteiger partial charge < -0.3 is 14.8 Å². The number of nitrogens with one attached hydrogen (secondary N) is 1. The third kappa shape index (κ3) is 7.63. The Hall–Kier alpha value is -1.59. The minimum atomic E-state index is -0.799. The molecule has 1 aromatic carbocycles. The van der Waals surface area contributed by atoms with Crippen molar-refractivity contribution in [3.8, 4) is 5.75 Å². The number of likely N-dealkylation sites (tertiary alicyclic amines) is 1. The number of amides is 1. The van der Waals surface area contributed by atoms with Crippen molar-refractivity contribution in [2.24, 2.45) is 11.8 Å². The van der Waals surface area contributed by atoms with Crippen molar-refractivity contribution in [1.29, 1.82) is 0 Å². The van der Waals surface area contributed by atoms with Crippen molar-refractivity contribution in [3.63, 3.8) is 0 Å². The molecule has 0 radical (unpaired) electrons. The molecular formula is C24H40N2O3. The lowest BCUT2D eigenvalue weighted by molar-refractivity contribution is -0.136. The molecule has 1 aliphatic rings. The fourth-order valence-corrected chi connectivity index (χ4v) is 4.19. The maximum absolute atomic E-state index is 12.7.